The lowest BCUT2D eigenvalue weighted by atomic mass is 9.76. The highest BCUT2D eigenvalue weighted by Gasteiger charge is 2.74. The third-order valence-corrected chi connectivity index (χ3v) is 8.26. The fourth-order valence-corrected chi connectivity index (χ4v) is 6.80. The Balaban J connectivity index is 1.45. The zero-order valence-electron chi connectivity index (χ0n) is 18.7. The average Bonchev–Trinajstić information content (AvgIpc) is 3.41. The lowest BCUT2D eigenvalue weighted by Gasteiger charge is -2.32. The van der Waals surface area contributed by atoms with Crippen LogP contribution >= 0.6 is 0 Å². The van der Waals surface area contributed by atoms with E-state index in [1.54, 1.807) is 6.07 Å². The number of likely N-dealkylation sites (tertiary alicyclic amines) is 1. The van der Waals surface area contributed by atoms with Gasteiger partial charge in [0, 0.05) is 18.0 Å². The van der Waals surface area contributed by atoms with E-state index in [1.165, 1.54) is 17.0 Å². The van der Waals surface area contributed by atoms with Crippen molar-refractivity contribution >= 4 is 23.4 Å². The summed E-state index contributed by atoms with van der Waals surface area (Å²) >= 11 is 0. The largest absolute Gasteiger partial charge is 0.504 e. The third-order valence-electron chi connectivity index (χ3n) is 8.26. The van der Waals surface area contributed by atoms with E-state index in [2.05, 4.69) is 5.32 Å². The molecule has 0 aromatic heterocycles. The van der Waals surface area contributed by atoms with E-state index in [0.29, 0.717) is 12.1 Å². The molecule has 0 bridgehead atoms. The number of hydrogen-bond acceptors (Lipinski definition) is 5. The summed E-state index contributed by atoms with van der Waals surface area (Å²) < 4.78 is 0. The molecule has 3 amide bonds. The summed E-state index contributed by atoms with van der Waals surface area (Å²) in [5.41, 5.74) is 0.969. The Morgan fingerprint density at radius 2 is 1.74 bits per heavy atom. The molecular formula is C26H28N3O5+. The number of carbonyl (C=O) groups excluding carboxylic acids is 3. The van der Waals surface area contributed by atoms with Crippen LogP contribution in [0, 0.1) is 11.8 Å². The quantitative estimate of drug-likeness (QED) is 0.405. The number of phenols is 2. The highest BCUT2D eigenvalue weighted by molar-refractivity contribution is 6.14. The minimum Gasteiger partial charge on any atom is -0.504 e. The van der Waals surface area contributed by atoms with E-state index in [1.807, 2.05) is 29.6 Å². The summed E-state index contributed by atoms with van der Waals surface area (Å²) in [4.78, 5) is 42.8. The van der Waals surface area contributed by atoms with Crippen LogP contribution in [0.2, 0.25) is 0 Å². The van der Waals surface area contributed by atoms with Crippen LogP contribution in [0.1, 0.15) is 43.2 Å². The second kappa shape index (κ2) is 7.56. The second-order valence-electron chi connectivity index (χ2n) is 10.1. The summed E-state index contributed by atoms with van der Waals surface area (Å²) in [5, 5.41) is 24.5. The van der Waals surface area contributed by atoms with Crippen molar-refractivity contribution in [3.63, 3.8) is 0 Å². The van der Waals surface area contributed by atoms with Gasteiger partial charge in [0.15, 0.2) is 11.5 Å². The van der Waals surface area contributed by atoms with E-state index < -0.39 is 17.4 Å². The van der Waals surface area contributed by atoms with Crippen molar-refractivity contribution in [3.05, 3.63) is 53.6 Å². The number of hydrogen-bond donors (Lipinski definition) is 4. The van der Waals surface area contributed by atoms with Crippen LogP contribution in [0.5, 0.6) is 11.5 Å². The van der Waals surface area contributed by atoms with Crippen LogP contribution in [0.4, 0.5) is 5.69 Å². The van der Waals surface area contributed by atoms with E-state index in [0.717, 1.165) is 43.2 Å². The Bertz CT molecular complexity index is 1210. The van der Waals surface area contributed by atoms with Gasteiger partial charge in [0.25, 0.3) is 5.91 Å². The van der Waals surface area contributed by atoms with Crippen LogP contribution in [-0.2, 0) is 26.3 Å². The number of anilines is 1. The first kappa shape index (κ1) is 21.2. The molecule has 8 heteroatoms. The third kappa shape index (κ3) is 2.84. The molecule has 2 saturated heterocycles. The van der Waals surface area contributed by atoms with Gasteiger partial charge in [0.05, 0.1) is 5.69 Å². The van der Waals surface area contributed by atoms with Gasteiger partial charge in [-0.05, 0) is 36.6 Å². The lowest BCUT2D eigenvalue weighted by Crippen LogP contribution is -2.99. The topological polar surface area (TPSA) is 124 Å². The number of carbonyl (C=O) groups is 3. The molecule has 176 valence electrons. The van der Waals surface area contributed by atoms with Gasteiger partial charge < -0.3 is 20.8 Å². The minimum atomic E-state index is -1.19. The summed E-state index contributed by atoms with van der Waals surface area (Å²) in [6.45, 7) is 0. The van der Waals surface area contributed by atoms with Crippen molar-refractivity contribution in [3.8, 4) is 11.5 Å². The van der Waals surface area contributed by atoms with Crippen LogP contribution in [0.15, 0.2) is 42.5 Å². The van der Waals surface area contributed by atoms with Gasteiger partial charge in [0.2, 0.25) is 17.4 Å². The van der Waals surface area contributed by atoms with Gasteiger partial charge in [0.1, 0.15) is 17.9 Å². The molecule has 0 unspecified atom stereocenters. The lowest BCUT2D eigenvalue weighted by molar-refractivity contribution is -0.733. The van der Waals surface area contributed by atoms with Crippen molar-refractivity contribution < 1.29 is 29.9 Å². The van der Waals surface area contributed by atoms with E-state index in [9.17, 15) is 24.6 Å². The first-order valence-corrected chi connectivity index (χ1v) is 12.1. The molecule has 6 rings (SSSR count). The molecule has 3 fully saturated rings. The van der Waals surface area contributed by atoms with Gasteiger partial charge in [-0.2, -0.15) is 0 Å². The number of aromatic hydroxyl groups is 2. The number of benzene rings is 2. The maximum Gasteiger partial charge on any atom is 0.291 e. The van der Waals surface area contributed by atoms with Crippen LogP contribution < -0.4 is 10.6 Å². The number of amides is 3. The zero-order valence-corrected chi connectivity index (χ0v) is 18.7. The molecule has 4 atom stereocenters. The number of phenolic OH excluding ortho intramolecular Hbond substituents is 2. The summed E-state index contributed by atoms with van der Waals surface area (Å²) in [6.07, 6.45) is 5.10. The molecule has 4 aliphatic rings. The van der Waals surface area contributed by atoms with E-state index in [-0.39, 0.29) is 41.3 Å². The monoisotopic (exact) mass is 462 g/mol. The first-order valence-electron chi connectivity index (χ1n) is 12.1. The Kier molecular flexibility index (Phi) is 4.71. The molecule has 2 aromatic carbocycles. The first-order chi connectivity index (χ1) is 16.4. The summed E-state index contributed by atoms with van der Waals surface area (Å²) in [7, 11) is 0. The normalized spacial score (nSPS) is 30.6. The average molecular weight is 463 g/mol. The molecule has 3 heterocycles. The maximum atomic E-state index is 13.9. The van der Waals surface area contributed by atoms with Gasteiger partial charge >= 0.3 is 0 Å². The number of imide groups is 1. The van der Waals surface area contributed by atoms with Crippen molar-refractivity contribution in [2.75, 3.05) is 5.32 Å². The van der Waals surface area contributed by atoms with Crippen molar-refractivity contribution in [1.82, 2.24) is 4.90 Å². The number of nitrogens with zero attached hydrogens (tertiary/aromatic N) is 1. The molecule has 34 heavy (non-hydrogen) atoms. The molecule has 0 radical (unpaired) electrons. The highest BCUT2D eigenvalue weighted by atomic mass is 16.3. The van der Waals surface area contributed by atoms with Crippen molar-refractivity contribution in [1.29, 1.82) is 0 Å². The number of rotatable bonds is 3. The van der Waals surface area contributed by atoms with Gasteiger partial charge in [-0.3, -0.25) is 19.3 Å². The highest BCUT2D eigenvalue weighted by Crippen LogP contribution is 2.50. The molecule has 3 aliphatic heterocycles. The smallest absolute Gasteiger partial charge is 0.291 e. The Hall–Kier alpha value is -3.39. The van der Waals surface area contributed by atoms with Crippen molar-refractivity contribution in [2.24, 2.45) is 11.8 Å². The van der Waals surface area contributed by atoms with Crippen LogP contribution in [-0.4, -0.2) is 44.9 Å². The number of fused-ring (bicyclic) bond motifs is 4. The Morgan fingerprint density at radius 1 is 0.971 bits per heavy atom. The molecule has 2 aromatic rings. The van der Waals surface area contributed by atoms with E-state index >= 15 is 0 Å². The molecule has 1 saturated carbocycles. The Morgan fingerprint density at radius 3 is 2.50 bits per heavy atom. The molecular weight excluding hydrogens is 434 g/mol. The number of nitrogens with one attached hydrogen (secondary N) is 1. The fraction of sp³-hybridized carbons (Fsp3) is 0.423. The minimum absolute atomic E-state index is 0.102. The Labute approximate surface area is 197 Å². The van der Waals surface area contributed by atoms with E-state index in [4.69, 9.17) is 0 Å². The second-order valence-corrected chi connectivity index (χ2v) is 10.1. The SMILES string of the molecule is O=C1[C@@H]2[C@H](Cc3ccc(O)c(O)c3)[NH2+][C@@]3(C(=O)Nc4ccccc43)[C@@H]2C(=O)N1C1CCCCC1. The van der Waals surface area contributed by atoms with Crippen LogP contribution in [0.25, 0.3) is 0 Å². The predicted octanol–water partition coefficient (Wildman–Crippen LogP) is 1.37. The number of para-hydroxylation sites is 1. The molecule has 8 nitrogen and oxygen atoms in total. The summed E-state index contributed by atoms with van der Waals surface area (Å²) in [6, 6.07) is 11.5. The van der Waals surface area contributed by atoms with Gasteiger partial charge in [-0.1, -0.05) is 43.5 Å². The molecule has 5 N–H and O–H groups in total. The summed E-state index contributed by atoms with van der Waals surface area (Å²) in [5.74, 6) is -2.53. The maximum absolute atomic E-state index is 13.9. The van der Waals surface area contributed by atoms with Crippen molar-refractivity contribution in [2.45, 2.75) is 56.1 Å². The predicted molar refractivity (Wildman–Crippen MR) is 122 cm³/mol. The number of nitrogens with two attached hydrogens (primary N) is 1. The fourth-order valence-electron chi connectivity index (χ4n) is 6.80. The zero-order chi connectivity index (χ0) is 23.6. The number of quaternary nitrogens is 1. The standard InChI is InChI=1S/C26H27N3O5/c30-19-11-10-14(13-20(19)31)12-18-21-22(24(33)29(23(21)32)15-6-2-1-3-7-15)26(28-18)16-8-4-5-9-17(16)27-25(26)34/h4-5,8-11,13,15,18,21-22,28,30-31H,1-3,6-7,12H2,(H,27,34)/p+1/t18-,21+,22-,26+/m0/s1. The van der Waals surface area contributed by atoms with Gasteiger partial charge in [-0.15, -0.1) is 0 Å². The van der Waals surface area contributed by atoms with Crippen LogP contribution in [0.3, 0.4) is 0 Å². The molecule has 1 aliphatic carbocycles. The van der Waals surface area contributed by atoms with Gasteiger partial charge in [-0.25, -0.2) is 0 Å². The molecule has 1 spiro atoms.